The highest BCUT2D eigenvalue weighted by atomic mass is 16.5. The van der Waals surface area contributed by atoms with E-state index < -0.39 is 0 Å². The molecule has 2 heterocycles. The van der Waals surface area contributed by atoms with Crippen LogP contribution in [0.3, 0.4) is 0 Å². The minimum atomic E-state index is -0.383. The van der Waals surface area contributed by atoms with Gasteiger partial charge in [0.15, 0.2) is 0 Å². The molecule has 3 aromatic rings. The first-order valence-electron chi connectivity index (χ1n) is 10.0. The van der Waals surface area contributed by atoms with Crippen molar-refractivity contribution in [3.63, 3.8) is 0 Å². The van der Waals surface area contributed by atoms with Gasteiger partial charge in [0.25, 0.3) is 5.91 Å². The summed E-state index contributed by atoms with van der Waals surface area (Å²) in [6.45, 7) is 2.46. The number of hydrogen-bond acceptors (Lipinski definition) is 4. The number of ether oxygens (including phenoxy) is 1. The van der Waals surface area contributed by atoms with Gasteiger partial charge in [0.1, 0.15) is 5.76 Å². The minimum absolute atomic E-state index is 0.0319. The number of carbonyl (C=O) groups is 2. The smallest absolute Gasteiger partial charge is 0.331 e. The Morgan fingerprint density at radius 3 is 2.57 bits per heavy atom. The first-order chi connectivity index (χ1) is 14.7. The monoisotopic (exact) mass is 401 g/mol. The number of rotatable bonds is 7. The van der Waals surface area contributed by atoms with Crippen molar-refractivity contribution in [3.8, 4) is 0 Å². The van der Waals surface area contributed by atoms with Crippen molar-refractivity contribution in [2.45, 2.75) is 25.9 Å². The molecule has 4 rings (SSSR count). The van der Waals surface area contributed by atoms with E-state index in [1.807, 2.05) is 71.6 Å². The first kappa shape index (κ1) is 19.7. The SMILES string of the molecule is CCOC(=O)/C=C(\CC1c2ccccc2C(=O)N1Cc1ccco1)c1ccccc1. The largest absolute Gasteiger partial charge is 0.467 e. The van der Waals surface area contributed by atoms with Crippen LogP contribution >= 0.6 is 0 Å². The van der Waals surface area contributed by atoms with Crippen molar-refractivity contribution in [2.75, 3.05) is 6.61 Å². The molecular formula is C25H23NO4. The lowest BCUT2D eigenvalue weighted by Crippen LogP contribution is -2.27. The van der Waals surface area contributed by atoms with Gasteiger partial charge in [-0.2, -0.15) is 0 Å². The minimum Gasteiger partial charge on any atom is -0.467 e. The third kappa shape index (κ3) is 4.06. The van der Waals surface area contributed by atoms with Crippen LogP contribution < -0.4 is 0 Å². The van der Waals surface area contributed by atoms with E-state index in [1.165, 1.54) is 6.08 Å². The fourth-order valence-corrected chi connectivity index (χ4v) is 3.87. The Kier molecular flexibility index (Phi) is 5.80. The Morgan fingerprint density at radius 1 is 1.07 bits per heavy atom. The second-order valence-corrected chi connectivity index (χ2v) is 7.11. The number of esters is 1. The van der Waals surface area contributed by atoms with Gasteiger partial charge in [0.05, 0.1) is 25.5 Å². The van der Waals surface area contributed by atoms with E-state index in [-0.39, 0.29) is 17.9 Å². The summed E-state index contributed by atoms with van der Waals surface area (Å²) in [5.74, 6) is 0.305. The summed E-state index contributed by atoms with van der Waals surface area (Å²) in [5, 5.41) is 0. The lowest BCUT2D eigenvalue weighted by Gasteiger charge is -2.26. The van der Waals surface area contributed by atoms with Gasteiger partial charge < -0.3 is 14.1 Å². The zero-order valence-electron chi connectivity index (χ0n) is 16.8. The number of hydrogen-bond donors (Lipinski definition) is 0. The predicted molar refractivity (Wildman–Crippen MR) is 113 cm³/mol. The summed E-state index contributed by atoms with van der Waals surface area (Å²) in [6.07, 6.45) is 3.63. The number of fused-ring (bicyclic) bond motifs is 1. The van der Waals surface area contributed by atoms with Crippen molar-refractivity contribution in [1.82, 2.24) is 4.90 Å². The van der Waals surface area contributed by atoms with Crippen LogP contribution in [0.15, 0.2) is 83.5 Å². The molecule has 5 nitrogen and oxygen atoms in total. The number of furan rings is 1. The molecule has 1 aliphatic rings. The topological polar surface area (TPSA) is 59.8 Å². The Bertz CT molecular complexity index is 1050. The van der Waals surface area contributed by atoms with Crippen molar-refractivity contribution in [2.24, 2.45) is 0 Å². The van der Waals surface area contributed by atoms with Crippen LogP contribution in [-0.4, -0.2) is 23.4 Å². The third-order valence-electron chi connectivity index (χ3n) is 5.23. The average molecular weight is 401 g/mol. The molecule has 2 aromatic carbocycles. The van der Waals surface area contributed by atoms with E-state index >= 15 is 0 Å². The van der Waals surface area contributed by atoms with E-state index in [4.69, 9.17) is 9.15 Å². The standard InChI is InChI=1S/C25H23NO4/c1-2-29-24(27)16-19(18-9-4-3-5-10-18)15-23-21-12-6-7-13-22(21)25(28)26(23)17-20-11-8-14-30-20/h3-14,16,23H,2,15,17H2,1H3/b19-16+. The number of amides is 1. The number of nitrogens with zero attached hydrogens (tertiary/aromatic N) is 1. The molecule has 5 heteroatoms. The molecule has 1 aliphatic heterocycles. The van der Waals surface area contributed by atoms with Gasteiger partial charge in [-0.25, -0.2) is 4.79 Å². The van der Waals surface area contributed by atoms with Crippen molar-refractivity contribution in [3.05, 3.63) is 102 Å². The molecule has 1 amide bonds. The van der Waals surface area contributed by atoms with Crippen LogP contribution in [0.2, 0.25) is 0 Å². The van der Waals surface area contributed by atoms with Gasteiger partial charge >= 0.3 is 5.97 Å². The summed E-state index contributed by atoms with van der Waals surface area (Å²) in [4.78, 5) is 27.2. The summed E-state index contributed by atoms with van der Waals surface area (Å²) >= 11 is 0. The summed E-state index contributed by atoms with van der Waals surface area (Å²) in [5.41, 5.74) is 3.41. The maximum Gasteiger partial charge on any atom is 0.331 e. The van der Waals surface area contributed by atoms with Crippen LogP contribution in [0, 0.1) is 0 Å². The normalized spacial score (nSPS) is 15.9. The summed E-state index contributed by atoms with van der Waals surface area (Å²) < 4.78 is 10.6. The maximum absolute atomic E-state index is 13.1. The number of carbonyl (C=O) groups excluding carboxylic acids is 2. The Labute approximate surface area is 175 Å². The first-order valence-corrected chi connectivity index (χ1v) is 10.0. The molecule has 0 aliphatic carbocycles. The molecule has 0 bridgehead atoms. The van der Waals surface area contributed by atoms with E-state index in [9.17, 15) is 9.59 Å². The van der Waals surface area contributed by atoms with Gasteiger partial charge in [-0.15, -0.1) is 0 Å². The molecule has 1 aromatic heterocycles. The summed E-state index contributed by atoms with van der Waals surface area (Å²) in [7, 11) is 0. The Morgan fingerprint density at radius 2 is 1.83 bits per heavy atom. The molecule has 0 saturated heterocycles. The highest BCUT2D eigenvalue weighted by Crippen LogP contribution is 2.40. The molecule has 1 unspecified atom stereocenters. The van der Waals surface area contributed by atoms with Crippen molar-refractivity contribution in [1.29, 1.82) is 0 Å². The molecule has 0 radical (unpaired) electrons. The van der Waals surface area contributed by atoms with Crippen molar-refractivity contribution >= 4 is 17.4 Å². The third-order valence-corrected chi connectivity index (χ3v) is 5.23. The van der Waals surface area contributed by atoms with Gasteiger partial charge in [0, 0.05) is 11.6 Å². The zero-order chi connectivity index (χ0) is 20.9. The van der Waals surface area contributed by atoms with Crippen LogP contribution in [0.1, 0.15) is 46.6 Å². The molecule has 0 N–H and O–H groups in total. The molecule has 0 spiro atoms. The molecule has 1 atom stereocenters. The van der Waals surface area contributed by atoms with E-state index in [1.54, 1.807) is 13.2 Å². The highest BCUT2D eigenvalue weighted by Gasteiger charge is 2.37. The van der Waals surface area contributed by atoms with Gasteiger partial charge in [0.2, 0.25) is 0 Å². The fourth-order valence-electron chi connectivity index (χ4n) is 3.87. The van der Waals surface area contributed by atoms with Gasteiger partial charge in [-0.1, -0.05) is 48.5 Å². The number of benzene rings is 2. The molecule has 0 saturated carbocycles. The molecule has 152 valence electrons. The van der Waals surface area contributed by atoms with Gasteiger partial charge in [-0.3, -0.25) is 4.79 Å². The van der Waals surface area contributed by atoms with E-state index in [0.717, 1.165) is 22.5 Å². The second-order valence-electron chi connectivity index (χ2n) is 7.11. The maximum atomic E-state index is 13.1. The van der Waals surface area contributed by atoms with E-state index in [0.29, 0.717) is 25.1 Å². The Balaban J connectivity index is 1.72. The lowest BCUT2D eigenvalue weighted by molar-refractivity contribution is -0.137. The van der Waals surface area contributed by atoms with Crippen LogP contribution in [0.5, 0.6) is 0 Å². The van der Waals surface area contributed by atoms with Crippen LogP contribution in [-0.2, 0) is 16.1 Å². The zero-order valence-corrected chi connectivity index (χ0v) is 16.8. The van der Waals surface area contributed by atoms with Crippen molar-refractivity contribution < 1.29 is 18.7 Å². The van der Waals surface area contributed by atoms with Crippen LogP contribution in [0.25, 0.3) is 5.57 Å². The Hall–Kier alpha value is -3.60. The second kappa shape index (κ2) is 8.82. The molecule has 30 heavy (non-hydrogen) atoms. The lowest BCUT2D eigenvalue weighted by atomic mass is 9.93. The highest BCUT2D eigenvalue weighted by molar-refractivity contribution is 5.99. The fraction of sp³-hybridized carbons (Fsp3) is 0.200. The quantitative estimate of drug-likeness (QED) is 0.412. The molecular weight excluding hydrogens is 378 g/mol. The molecule has 0 fully saturated rings. The van der Waals surface area contributed by atoms with E-state index in [2.05, 4.69) is 0 Å². The van der Waals surface area contributed by atoms with Gasteiger partial charge in [-0.05, 0) is 48.2 Å². The van der Waals surface area contributed by atoms with Crippen LogP contribution in [0.4, 0.5) is 0 Å². The average Bonchev–Trinajstić information content (AvgIpc) is 3.37. The predicted octanol–water partition coefficient (Wildman–Crippen LogP) is 5.01. The summed E-state index contributed by atoms with van der Waals surface area (Å²) in [6, 6.07) is 20.8.